The van der Waals surface area contributed by atoms with Gasteiger partial charge in [-0.05, 0) is 32.1 Å². The molecular formula is C14H25IN4S. The fraction of sp³-hybridized carbons (Fsp3) is 0.714. The van der Waals surface area contributed by atoms with Gasteiger partial charge in [0.2, 0.25) is 0 Å². The van der Waals surface area contributed by atoms with E-state index in [1.807, 2.05) is 17.5 Å². The van der Waals surface area contributed by atoms with Crippen LogP contribution >= 0.6 is 35.3 Å². The van der Waals surface area contributed by atoms with Crippen molar-refractivity contribution >= 4 is 41.3 Å². The fourth-order valence-corrected chi connectivity index (χ4v) is 2.64. The van der Waals surface area contributed by atoms with Crippen molar-refractivity contribution in [2.75, 3.05) is 19.6 Å². The average Bonchev–Trinajstić information content (AvgIpc) is 3.14. The molecule has 1 aliphatic rings. The molecule has 114 valence electrons. The molecular weight excluding hydrogens is 383 g/mol. The lowest BCUT2D eigenvalue weighted by atomic mass is 10.4. The molecule has 1 saturated carbocycles. The van der Waals surface area contributed by atoms with Crippen LogP contribution in [0, 0.1) is 5.92 Å². The van der Waals surface area contributed by atoms with Crippen LogP contribution in [0.15, 0.2) is 11.2 Å². The second-order valence-corrected chi connectivity index (χ2v) is 6.11. The van der Waals surface area contributed by atoms with Gasteiger partial charge in [-0.1, -0.05) is 6.92 Å². The Morgan fingerprint density at radius 2 is 2.20 bits per heavy atom. The Labute approximate surface area is 142 Å². The molecule has 1 heterocycles. The Hall–Kier alpha value is -0.370. The van der Waals surface area contributed by atoms with E-state index in [2.05, 4.69) is 34.5 Å². The summed E-state index contributed by atoms with van der Waals surface area (Å²) >= 11 is 1.81. The molecule has 6 heteroatoms. The van der Waals surface area contributed by atoms with E-state index in [9.17, 15) is 0 Å². The Morgan fingerprint density at radius 3 is 2.80 bits per heavy atom. The maximum absolute atomic E-state index is 4.61. The molecule has 1 aromatic heterocycles. The summed E-state index contributed by atoms with van der Waals surface area (Å²) in [6.07, 6.45) is 6.74. The molecule has 0 atom stereocenters. The Bertz CT molecular complexity index is 415. The average molecular weight is 408 g/mol. The van der Waals surface area contributed by atoms with E-state index in [1.165, 1.54) is 22.7 Å². The summed E-state index contributed by atoms with van der Waals surface area (Å²) in [5, 5.41) is 7.89. The first-order valence-electron chi connectivity index (χ1n) is 7.27. The summed E-state index contributed by atoms with van der Waals surface area (Å²) in [6, 6.07) is 0. The SMILES string of the molecule is CCNC(=NCC1CC1)NCCc1ncc(CC)s1.I. The number of aryl methyl sites for hydroxylation is 1. The number of thiazole rings is 1. The standard InChI is InChI=1S/C14H24N4S.HI/c1-3-12-10-17-13(19-12)7-8-16-14(15-4-2)18-9-11-5-6-11;/h10-11H,3-9H2,1-2H3,(H2,15,16,18);1H. The maximum atomic E-state index is 4.61. The van der Waals surface area contributed by atoms with Crippen LogP contribution in [0.4, 0.5) is 0 Å². The molecule has 0 radical (unpaired) electrons. The van der Waals surface area contributed by atoms with Crippen molar-refractivity contribution < 1.29 is 0 Å². The van der Waals surface area contributed by atoms with Gasteiger partial charge >= 0.3 is 0 Å². The quantitative estimate of drug-likeness (QED) is 0.415. The molecule has 0 unspecified atom stereocenters. The summed E-state index contributed by atoms with van der Waals surface area (Å²) in [5.74, 6) is 1.78. The van der Waals surface area contributed by atoms with Gasteiger partial charge in [0.1, 0.15) is 0 Å². The molecule has 0 saturated heterocycles. The summed E-state index contributed by atoms with van der Waals surface area (Å²) in [6.45, 7) is 7.04. The van der Waals surface area contributed by atoms with Gasteiger partial charge in [-0.2, -0.15) is 0 Å². The second-order valence-electron chi connectivity index (χ2n) is 4.91. The van der Waals surface area contributed by atoms with Gasteiger partial charge in [0.05, 0.1) is 5.01 Å². The van der Waals surface area contributed by atoms with Gasteiger partial charge in [0, 0.05) is 37.1 Å². The molecule has 0 amide bonds. The van der Waals surface area contributed by atoms with Gasteiger partial charge in [-0.3, -0.25) is 4.99 Å². The highest BCUT2D eigenvalue weighted by Crippen LogP contribution is 2.28. The van der Waals surface area contributed by atoms with Crippen LogP contribution in [0.3, 0.4) is 0 Å². The highest BCUT2D eigenvalue weighted by molar-refractivity contribution is 14.0. The second kappa shape index (κ2) is 9.55. The summed E-state index contributed by atoms with van der Waals surface area (Å²) < 4.78 is 0. The smallest absolute Gasteiger partial charge is 0.191 e. The minimum atomic E-state index is 0. The number of nitrogens with one attached hydrogen (secondary N) is 2. The van der Waals surface area contributed by atoms with Crippen molar-refractivity contribution in [3.05, 3.63) is 16.1 Å². The number of aliphatic imine (C=N–C) groups is 1. The molecule has 1 fully saturated rings. The first kappa shape index (κ1) is 17.7. The lowest BCUT2D eigenvalue weighted by Gasteiger charge is -2.10. The normalized spacial score (nSPS) is 14.8. The van der Waals surface area contributed by atoms with Crippen molar-refractivity contribution in [2.45, 2.75) is 39.5 Å². The van der Waals surface area contributed by atoms with E-state index >= 15 is 0 Å². The fourth-order valence-electron chi connectivity index (χ4n) is 1.78. The monoisotopic (exact) mass is 408 g/mol. The van der Waals surface area contributed by atoms with Crippen LogP contribution in [0.2, 0.25) is 0 Å². The molecule has 4 nitrogen and oxygen atoms in total. The molecule has 2 N–H and O–H groups in total. The lowest BCUT2D eigenvalue weighted by molar-refractivity contribution is 0.775. The van der Waals surface area contributed by atoms with Crippen molar-refractivity contribution in [2.24, 2.45) is 10.9 Å². The van der Waals surface area contributed by atoms with Gasteiger partial charge in [-0.25, -0.2) is 4.98 Å². The van der Waals surface area contributed by atoms with E-state index in [4.69, 9.17) is 0 Å². The van der Waals surface area contributed by atoms with Crippen LogP contribution in [-0.4, -0.2) is 30.6 Å². The molecule has 0 aliphatic heterocycles. The zero-order chi connectivity index (χ0) is 13.5. The maximum Gasteiger partial charge on any atom is 0.191 e. The molecule has 2 rings (SSSR count). The van der Waals surface area contributed by atoms with Crippen molar-refractivity contribution in [1.82, 2.24) is 15.6 Å². The Kier molecular flexibility index (Phi) is 8.44. The van der Waals surface area contributed by atoms with Crippen molar-refractivity contribution in [3.63, 3.8) is 0 Å². The number of halogens is 1. The number of nitrogens with zero attached hydrogens (tertiary/aromatic N) is 2. The zero-order valence-electron chi connectivity index (χ0n) is 12.3. The van der Waals surface area contributed by atoms with Gasteiger partial charge in [0.15, 0.2) is 5.96 Å². The number of hydrogen-bond acceptors (Lipinski definition) is 3. The van der Waals surface area contributed by atoms with Crippen LogP contribution in [-0.2, 0) is 12.8 Å². The predicted molar refractivity (Wildman–Crippen MR) is 97.3 cm³/mol. The third-order valence-electron chi connectivity index (χ3n) is 3.13. The molecule has 0 spiro atoms. The zero-order valence-corrected chi connectivity index (χ0v) is 15.5. The van der Waals surface area contributed by atoms with E-state index < -0.39 is 0 Å². The Morgan fingerprint density at radius 1 is 1.40 bits per heavy atom. The summed E-state index contributed by atoms with van der Waals surface area (Å²) in [7, 11) is 0. The molecule has 0 aromatic carbocycles. The molecule has 20 heavy (non-hydrogen) atoms. The van der Waals surface area contributed by atoms with Crippen molar-refractivity contribution in [3.8, 4) is 0 Å². The third kappa shape index (κ3) is 6.39. The van der Waals surface area contributed by atoms with E-state index in [1.54, 1.807) is 0 Å². The highest BCUT2D eigenvalue weighted by atomic mass is 127. The van der Waals surface area contributed by atoms with Gasteiger partial charge < -0.3 is 10.6 Å². The number of rotatable bonds is 7. The predicted octanol–water partition coefficient (Wildman–Crippen LogP) is 2.83. The number of aromatic nitrogens is 1. The van der Waals surface area contributed by atoms with Crippen LogP contribution in [0.5, 0.6) is 0 Å². The minimum Gasteiger partial charge on any atom is -0.357 e. The number of guanidine groups is 1. The Balaban J connectivity index is 0.00000200. The molecule has 1 aromatic rings. The summed E-state index contributed by atoms with van der Waals surface area (Å²) in [4.78, 5) is 10.4. The first-order valence-corrected chi connectivity index (χ1v) is 8.09. The molecule has 1 aliphatic carbocycles. The topological polar surface area (TPSA) is 49.3 Å². The van der Waals surface area contributed by atoms with Gasteiger partial charge in [-0.15, -0.1) is 35.3 Å². The minimum absolute atomic E-state index is 0. The molecule has 0 bridgehead atoms. The summed E-state index contributed by atoms with van der Waals surface area (Å²) in [5.41, 5.74) is 0. The first-order chi connectivity index (χ1) is 9.31. The van der Waals surface area contributed by atoms with E-state index in [-0.39, 0.29) is 24.0 Å². The van der Waals surface area contributed by atoms with Crippen LogP contribution in [0.25, 0.3) is 0 Å². The van der Waals surface area contributed by atoms with Gasteiger partial charge in [0.25, 0.3) is 0 Å². The third-order valence-corrected chi connectivity index (χ3v) is 4.33. The highest BCUT2D eigenvalue weighted by Gasteiger charge is 2.20. The number of hydrogen-bond donors (Lipinski definition) is 2. The van der Waals surface area contributed by atoms with E-state index in [0.717, 1.165) is 44.4 Å². The van der Waals surface area contributed by atoms with Crippen LogP contribution < -0.4 is 10.6 Å². The largest absolute Gasteiger partial charge is 0.357 e. The lowest BCUT2D eigenvalue weighted by Crippen LogP contribution is -2.38. The van der Waals surface area contributed by atoms with Crippen LogP contribution in [0.1, 0.15) is 36.6 Å². The van der Waals surface area contributed by atoms with Crippen molar-refractivity contribution in [1.29, 1.82) is 0 Å². The van der Waals surface area contributed by atoms with E-state index in [0.29, 0.717) is 0 Å².